The van der Waals surface area contributed by atoms with Gasteiger partial charge in [0.25, 0.3) is 0 Å². The van der Waals surface area contributed by atoms with E-state index >= 15 is 0 Å². The van der Waals surface area contributed by atoms with Crippen LogP contribution in [0.5, 0.6) is 5.75 Å². The van der Waals surface area contributed by atoms with E-state index in [2.05, 4.69) is 11.3 Å². The largest absolute Gasteiger partial charge is 0.508 e. The standard InChI is InChI=1S/C9H10ClNO3S/c1-2-15(13,14)11-6-7-3-4-8(10)5-9(7)12/h2-5,11-12H,1,6H2. The summed E-state index contributed by atoms with van der Waals surface area (Å²) in [5.74, 6) is -0.0470. The number of hydrogen-bond donors (Lipinski definition) is 2. The van der Waals surface area contributed by atoms with E-state index in [0.717, 1.165) is 5.41 Å². The summed E-state index contributed by atoms with van der Waals surface area (Å²) in [4.78, 5) is 0. The van der Waals surface area contributed by atoms with Crippen LogP contribution in [-0.4, -0.2) is 13.5 Å². The number of benzene rings is 1. The maximum atomic E-state index is 11.0. The molecule has 0 saturated heterocycles. The van der Waals surface area contributed by atoms with Crippen LogP contribution in [0.25, 0.3) is 0 Å². The highest BCUT2D eigenvalue weighted by Gasteiger charge is 2.06. The molecule has 0 spiro atoms. The Bertz CT molecular complexity index is 470. The average molecular weight is 248 g/mol. The number of aromatic hydroxyl groups is 1. The Kier molecular flexibility index (Phi) is 3.73. The van der Waals surface area contributed by atoms with Gasteiger partial charge in [0.05, 0.1) is 0 Å². The highest BCUT2D eigenvalue weighted by Crippen LogP contribution is 2.21. The van der Waals surface area contributed by atoms with Gasteiger partial charge in [-0.25, -0.2) is 13.1 Å². The van der Waals surface area contributed by atoms with Crippen molar-refractivity contribution in [1.29, 1.82) is 0 Å². The maximum Gasteiger partial charge on any atom is 0.233 e. The second-order valence-corrected chi connectivity index (χ2v) is 4.95. The van der Waals surface area contributed by atoms with Crippen molar-refractivity contribution in [3.8, 4) is 5.75 Å². The summed E-state index contributed by atoms with van der Waals surface area (Å²) in [6.07, 6.45) is 0. The Morgan fingerprint density at radius 1 is 1.53 bits per heavy atom. The predicted molar refractivity (Wildman–Crippen MR) is 59.1 cm³/mol. The molecule has 0 atom stereocenters. The third-order valence-corrected chi connectivity index (χ3v) is 2.95. The van der Waals surface area contributed by atoms with Gasteiger partial charge >= 0.3 is 0 Å². The molecule has 0 saturated carbocycles. The fourth-order valence-corrected chi connectivity index (χ4v) is 1.56. The van der Waals surface area contributed by atoms with Gasteiger partial charge in [0.2, 0.25) is 10.0 Å². The van der Waals surface area contributed by atoms with E-state index < -0.39 is 10.0 Å². The van der Waals surface area contributed by atoms with Gasteiger partial charge in [0, 0.05) is 22.5 Å². The number of sulfonamides is 1. The quantitative estimate of drug-likeness (QED) is 0.850. The average Bonchev–Trinajstić information content (AvgIpc) is 2.16. The van der Waals surface area contributed by atoms with Crippen molar-refractivity contribution in [2.24, 2.45) is 0 Å². The first kappa shape index (κ1) is 12.0. The molecular weight excluding hydrogens is 238 g/mol. The number of nitrogens with one attached hydrogen (secondary N) is 1. The highest BCUT2D eigenvalue weighted by molar-refractivity contribution is 7.92. The molecule has 0 aliphatic carbocycles. The molecule has 0 heterocycles. The summed E-state index contributed by atoms with van der Waals surface area (Å²) in [5.41, 5.74) is 0.449. The van der Waals surface area contributed by atoms with Gasteiger partial charge < -0.3 is 5.11 Å². The molecule has 2 N–H and O–H groups in total. The number of rotatable bonds is 4. The van der Waals surface area contributed by atoms with Crippen molar-refractivity contribution < 1.29 is 13.5 Å². The predicted octanol–water partition coefficient (Wildman–Crippen LogP) is 1.61. The molecule has 6 heteroatoms. The molecule has 0 aliphatic heterocycles. The first-order chi connectivity index (χ1) is 6.94. The highest BCUT2D eigenvalue weighted by atomic mass is 35.5. The van der Waals surface area contributed by atoms with Crippen LogP contribution < -0.4 is 4.72 Å². The first-order valence-corrected chi connectivity index (χ1v) is 5.96. The third-order valence-electron chi connectivity index (χ3n) is 1.73. The Morgan fingerprint density at radius 3 is 2.73 bits per heavy atom. The monoisotopic (exact) mass is 247 g/mol. The van der Waals surface area contributed by atoms with Crippen molar-refractivity contribution in [3.63, 3.8) is 0 Å². The van der Waals surface area contributed by atoms with Crippen molar-refractivity contribution >= 4 is 21.6 Å². The van der Waals surface area contributed by atoms with Gasteiger partial charge in [-0.05, 0) is 12.1 Å². The molecule has 0 bridgehead atoms. The number of phenols is 1. The molecule has 0 aliphatic rings. The van der Waals surface area contributed by atoms with Crippen molar-refractivity contribution in [1.82, 2.24) is 4.72 Å². The lowest BCUT2D eigenvalue weighted by Crippen LogP contribution is -2.20. The van der Waals surface area contributed by atoms with Gasteiger partial charge in [-0.3, -0.25) is 0 Å². The molecule has 4 nitrogen and oxygen atoms in total. The van der Waals surface area contributed by atoms with Crippen LogP contribution in [0.15, 0.2) is 30.2 Å². The van der Waals surface area contributed by atoms with Crippen molar-refractivity contribution in [2.45, 2.75) is 6.54 Å². The minimum absolute atomic E-state index is 0.00262. The SMILES string of the molecule is C=CS(=O)(=O)NCc1ccc(Cl)cc1O. The molecule has 0 fully saturated rings. The summed E-state index contributed by atoms with van der Waals surface area (Å²) >= 11 is 5.62. The molecule has 0 aromatic heterocycles. The van der Waals surface area contributed by atoms with Crippen molar-refractivity contribution in [3.05, 3.63) is 40.8 Å². The van der Waals surface area contributed by atoms with Crippen LogP contribution in [0.3, 0.4) is 0 Å². The summed E-state index contributed by atoms with van der Waals surface area (Å²) in [7, 11) is -3.47. The van der Waals surface area contributed by atoms with E-state index in [1.54, 1.807) is 12.1 Å². The molecule has 15 heavy (non-hydrogen) atoms. The van der Waals surface area contributed by atoms with E-state index in [4.69, 9.17) is 11.6 Å². The minimum atomic E-state index is -3.47. The zero-order chi connectivity index (χ0) is 11.5. The van der Waals surface area contributed by atoms with Crippen LogP contribution in [0.1, 0.15) is 5.56 Å². The first-order valence-electron chi connectivity index (χ1n) is 4.04. The van der Waals surface area contributed by atoms with E-state index in [0.29, 0.717) is 10.6 Å². The second kappa shape index (κ2) is 4.65. The molecule has 1 rings (SSSR count). The maximum absolute atomic E-state index is 11.0. The van der Waals surface area contributed by atoms with Gasteiger partial charge in [0.15, 0.2) is 0 Å². The smallest absolute Gasteiger partial charge is 0.233 e. The van der Waals surface area contributed by atoms with Crippen LogP contribution in [0.2, 0.25) is 5.02 Å². The topological polar surface area (TPSA) is 66.4 Å². The van der Waals surface area contributed by atoms with E-state index in [1.165, 1.54) is 6.07 Å². The number of halogens is 1. The van der Waals surface area contributed by atoms with Crippen LogP contribution >= 0.6 is 11.6 Å². The normalized spacial score (nSPS) is 11.3. The molecule has 0 amide bonds. The molecule has 82 valence electrons. The zero-order valence-corrected chi connectivity index (χ0v) is 9.35. The van der Waals surface area contributed by atoms with E-state index in [1.807, 2.05) is 0 Å². The number of phenolic OH excluding ortho intramolecular Hbond substituents is 1. The number of hydrogen-bond acceptors (Lipinski definition) is 3. The van der Waals surface area contributed by atoms with Crippen molar-refractivity contribution in [2.75, 3.05) is 0 Å². The molecule has 0 unspecified atom stereocenters. The Hall–Kier alpha value is -1.04. The van der Waals surface area contributed by atoms with Gasteiger partial charge in [-0.1, -0.05) is 24.2 Å². The molecule has 1 aromatic carbocycles. The molecular formula is C9H10ClNO3S. The summed E-state index contributed by atoms with van der Waals surface area (Å²) in [6.45, 7) is 3.14. The fraction of sp³-hybridized carbons (Fsp3) is 0.111. The van der Waals surface area contributed by atoms with Crippen LogP contribution in [0.4, 0.5) is 0 Å². The molecule has 0 radical (unpaired) electrons. The van der Waals surface area contributed by atoms with E-state index in [9.17, 15) is 13.5 Å². The zero-order valence-electron chi connectivity index (χ0n) is 7.77. The second-order valence-electron chi connectivity index (χ2n) is 2.81. The lowest BCUT2D eigenvalue weighted by atomic mass is 10.2. The van der Waals surface area contributed by atoms with Gasteiger partial charge in [0.1, 0.15) is 5.75 Å². The van der Waals surface area contributed by atoms with Gasteiger partial charge in [-0.15, -0.1) is 0 Å². The molecule has 1 aromatic rings. The van der Waals surface area contributed by atoms with Gasteiger partial charge in [-0.2, -0.15) is 0 Å². The van der Waals surface area contributed by atoms with E-state index in [-0.39, 0.29) is 12.3 Å². The lowest BCUT2D eigenvalue weighted by molar-refractivity contribution is 0.467. The summed E-state index contributed by atoms with van der Waals surface area (Å²) < 4.78 is 24.3. The van der Waals surface area contributed by atoms with Crippen LogP contribution in [0, 0.1) is 0 Å². The third kappa shape index (κ3) is 3.54. The minimum Gasteiger partial charge on any atom is -0.508 e. The Labute approximate surface area is 93.2 Å². The van der Waals surface area contributed by atoms with Crippen LogP contribution in [-0.2, 0) is 16.6 Å². The lowest BCUT2D eigenvalue weighted by Gasteiger charge is -2.05. The Balaban J connectivity index is 2.79. The fourth-order valence-electron chi connectivity index (χ4n) is 0.924. The summed E-state index contributed by atoms with van der Waals surface area (Å²) in [5, 5.41) is 10.6. The Morgan fingerprint density at radius 2 is 2.20 bits per heavy atom. The summed E-state index contributed by atoms with van der Waals surface area (Å²) in [6, 6.07) is 4.46.